The molecule has 0 aliphatic rings. The van der Waals surface area contributed by atoms with Gasteiger partial charge >= 0.3 is 0 Å². The second-order valence-corrected chi connectivity index (χ2v) is 8.90. The molecule has 0 fully saturated rings. The molecule has 4 nitrogen and oxygen atoms in total. The summed E-state index contributed by atoms with van der Waals surface area (Å²) >= 11 is 18.1. The van der Waals surface area contributed by atoms with Gasteiger partial charge in [-0.15, -0.1) is 0 Å². The molecule has 5 aromatic rings. The van der Waals surface area contributed by atoms with Crippen LogP contribution in [0.2, 0.25) is 10.0 Å². The molecule has 0 bridgehead atoms. The van der Waals surface area contributed by atoms with Gasteiger partial charge in [0.2, 0.25) is 0 Å². The van der Waals surface area contributed by atoms with Crippen LogP contribution in [0.15, 0.2) is 108 Å². The molecule has 1 aromatic heterocycles. The lowest BCUT2D eigenvalue weighted by Crippen LogP contribution is -2.40. The van der Waals surface area contributed by atoms with E-state index in [1.165, 1.54) is 0 Å². The Morgan fingerprint density at radius 2 is 1.51 bits per heavy atom. The standard InChI is InChI=1S/C28H18Cl2N2O2S/c29-23-12-6-11-22(26(23)30)24-15-16-25(34-24)27(33)31-28(35)32(20-9-2-1-3-10-20)21-14-13-18-7-4-5-8-19(18)17-21/h1-17H,(H,31,33,35). The highest BCUT2D eigenvalue weighted by molar-refractivity contribution is 7.80. The Labute approximate surface area is 217 Å². The van der Waals surface area contributed by atoms with E-state index in [0.29, 0.717) is 21.4 Å². The van der Waals surface area contributed by atoms with E-state index in [1.807, 2.05) is 77.7 Å². The van der Waals surface area contributed by atoms with Crippen LogP contribution in [0, 0.1) is 0 Å². The zero-order valence-corrected chi connectivity index (χ0v) is 20.6. The molecule has 0 unspecified atom stereocenters. The molecular formula is C28H18Cl2N2O2S. The molecule has 0 saturated heterocycles. The van der Waals surface area contributed by atoms with Crippen molar-refractivity contribution in [2.45, 2.75) is 0 Å². The van der Waals surface area contributed by atoms with Gasteiger partial charge in [0.1, 0.15) is 5.76 Å². The molecule has 172 valence electrons. The summed E-state index contributed by atoms with van der Waals surface area (Å²) in [5.41, 5.74) is 2.24. The number of rotatable bonds is 4. The quantitative estimate of drug-likeness (QED) is 0.244. The highest BCUT2D eigenvalue weighted by Gasteiger charge is 2.21. The predicted molar refractivity (Wildman–Crippen MR) is 147 cm³/mol. The number of carbonyl (C=O) groups excluding carboxylic acids is 1. The molecule has 1 heterocycles. The van der Waals surface area contributed by atoms with E-state index in [1.54, 1.807) is 30.3 Å². The van der Waals surface area contributed by atoms with Crippen LogP contribution < -0.4 is 10.2 Å². The number of nitrogens with one attached hydrogen (secondary N) is 1. The van der Waals surface area contributed by atoms with Crippen molar-refractivity contribution in [3.8, 4) is 11.3 Å². The highest BCUT2D eigenvalue weighted by atomic mass is 35.5. The van der Waals surface area contributed by atoms with Crippen LogP contribution in [0.4, 0.5) is 11.4 Å². The first-order chi connectivity index (χ1) is 17.0. The summed E-state index contributed by atoms with van der Waals surface area (Å²) in [5, 5.41) is 5.96. The van der Waals surface area contributed by atoms with E-state index in [2.05, 4.69) is 5.32 Å². The molecule has 0 spiro atoms. The predicted octanol–water partition coefficient (Wildman–Crippen LogP) is 8.26. The number of para-hydroxylation sites is 1. The minimum atomic E-state index is -0.471. The lowest BCUT2D eigenvalue weighted by atomic mass is 10.1. The number of hydrogen-bond acceptors (Lipinski definition) is 3. The normalized spacial score (nSPS) is 10.8. The number of amides is 1. The lowest BCUT2D eigenvalue weighted by Gasteiger charge is -2.25. The van der Waals surface area contributed by atoms with E-state index >= 15 is 0 Å². The lowest BCUT2D eigenvalue weighted by molar-refractivity contribution is 0.0951. The second kappa shape index (κ2) is 9.92. The zero-order valence-electron chi connectivity index (χ0n) is 18.2. The van der Waals surface area contributed by atoms with Gasteiger partial charge in [-0.25, -0.2) is 0 Å². The van der Waals surface area contributed by atoms with Crippen LogP contribution in [0.1, 0.15) is 10.6 Å². The molecule has 1 N–H and O–H groups in total. The van der Waals surface area contributed by atoms with Crippen LogP contribution >= 0.6 is 35.4 Å². The van der Waals surface area contributed by atoms with Crippen LogP contribution in [0.5, 0.6) is 0 Å². The van der Waals surface area contributed by atoms with Gasteiger partial charge in [0.05, 0.1) is 10.0 Å². The number of fused-ring (bicyclic) bond motifs is 1. The summed E-state index contributed by atoms with van der Waals surface area (Å²) in [6.07, 6.45) is 0. The molecule has 1 amide bonds. The fraction of sp³-hybridized carbons (Fsp3) is 0. The van der Waals surface area contributed by atoms with Gasteiger partial charge in [-0.05, 0) is 71.5 Å². The second-order valence-electron chi connectivity index (χ2n) is 7.73. The molecular weight excluding hydrogens is 499 g/mol. The first-order valence-electron chi connectivity index (χ1n) is 10.7. The van der Waals surface area contributed by atoms with Crippen molar-refractivity contribution < 1.29 is 9.21 Å². The summed E-state index contributed by atoms with van der Waals surface area (Å²) in [6.45, 7) is 0. The number of benzene rings is 4. The molecule has 4 aromatic carbocycles. The SMILES string of the molecule is O=C(NC(=S)N(c1ccccc1)c1ccc2ccccc2c1)c1ccc(-c2cccc(Cl)c2Cl)o1. The smallest absolute Gasteiger partial charge is 0.293 e. The molecule has 0 atom stereocenters. The Morgan fingerprint density at radius 1 is 0.771 bits per heavy atom. The van der Waals surface area contributed by atoms with Gasteiger partial charge in [-0.2, -0.15) is 0 Å². The molecule has 0 radical (unpaired) electrons. The number of carbonyl (C=O) groups is 1. The van der Waals surface area contributed by atoms with Crippen LogP contribution in [-0.4, -0.2) is 11.0 Å². The molecule has 35 heavy (non-hydrogen) atoms. The van der Waals surface area contributed by atoms with Crippen molar-refractivity contribution in [2.24, 2.45) is 0 Å². The summed E-state index contributed by atoms with van der Waals surface area (Å²) in [4.78, 5) is 14.9. The first kappa shape index (κ1) is 23.1. The number of furan rings is 1. The van der Waals surface area contributed by atoms with E-state index < -0.39 is 5.91 Å². The van der Waals surface area contributed by atoms with Gasteiger partial charge < -0.3 is 4.42 Å². The van der Waals surface area contributed by atoms with E-state index in [9.17, 15) is 4.79 Å². The zero-order chi connectivity index (χ0) is 24.4. The molecule has 0 saturated carbocycles. The average Bonchev–Trinajstić information content (AvgIpc) is 3.37. The Hall–Kier alpha value is -3.64. The fourth-order valence-corrected chi connectivity index (χ4v) is 4.49. The molecule has 0 aliphatic carbocycles. The summed E-state index contributed by atoms with van der Waals surface area (Å²) in [7, 11) is 0. The topological polar surface area (TPSA) is 45.5 Å². The van der Waals surface area contributed by atoms with Gasteiger partial charge in [0, 0.05) is 16.9 Å². The number of thiocarbonyl (C=S) groups is 1. The summed E-state index contributed by atoms with van der Waals surface area (Å²) in [5.74, 6) is 0.0639. The van der Waals surface area contributed by atoms with Gasteiger partial charge in [-0.3, -0.25) is 15.0 Å². The van der Waals surface area contributed by atoms with Crippen molar-refractivity contribution in [2.75, 3.05) is 4.90 Å². The van der Waals surface area contributed by atoms with Crippen molar-refractivity contribution in [1.29, 1.82) is 0 Å². The Bertz CT molecular complexity index is 1550. The van der Waals surface area contributed by atoms with Gasteiger partial charge in [-0.1, -0.05) is 77.8 Å². The average molecular weight is 517 g/mol. The van der Waals surface area contributed by atoms with Crippen molar-refractivity contribution in [3.05, 3.63) is 119 Å². The third kappa shape index (κ3) is 4.80. The van der Waals surface area contributed by atoms with Crippen LogP contribution in [0.25, 0.3) is 22.1 Å². The number of anilines is 2. The summed E-state index contributed by atoms with van der Waals surface area (Å²) in [6, 6.07) is 32.2. The van der Waals surface area contributed by atoms with E-state index in [0.717, 1.165) is 22.1 Å². The Kier molecular flexibility index (Phi) is 6.55. The molecule has 5 rings (SSSR count). The Morgan fingerprint density at radius 3 is 2.31 bits per heavy atom. The molecule has 0 aliphatic heterocycles. The largest absolute Gasteiger partial charge is 0.451 e. The first-order valence-corrected chi connectivity index (χ1v) is 11.9. The van der Waals surface area contributed by atoms with Crippen molar-refractivity contribution in [1.82, 2.24) is 5.32 Å². The number of nitrogens with zero attached hydrogens (tertiary/aromatic N) is 1. The molecule has 7 heteroatoms. The highest BCUT2D eigenvalue weighted by Crippen LogP contribution is 2.34. The monoisotopic (exact) mass is 516 g/mol. The number of hydrogen-bond donors (Lipinski definition) is 1. The maximum Gasteiger partial charge on any atom is 0.293 e. The van der Waals surface area contributed by atoms with Gasteiger partial charge in [0.25, 0.3) is 5.91 Å². The fourth-order valence-electron chi connectivity index (χ4n) is 3.79. The maximum absolute atomic E-state index is 13.1. The van der Waals surface area contributed by atoms with Gasteiger partial charge in [0.15, 0.2) is 10.9 Å². The van der Waals surface area contributed by atoms with Crippen molar-refractivity contribution in [3.63, 3.8) is 0 Å². The van der Waals surface area contributed by atoms with Crippen molar-refractivity contribution >= 4 is 68.6 Å². The maximum atomic E-state index is 13.1. The van der Waals surface area contributed by atoms with E-state index in [4.69, 9.17) is 39.8 Å². The van der Waals surface area contributed by atoms with E-state index in [-0.39, 0.29) is 10.9 Å². The minimum Gasteiger partial charge on any atom is -0.451 e. The minimum absolute atomic E-state index is 0.102. The summed E-state index contributed by atoms with van der Waals surface area (Å²) < 4.78 is 5.78. The Balaban J connectivity index is 1.44. The third-order valence-electron chi connectivity index (χ3n) is 5.48. The number of halogens is 2. The van der Waals surface area contributed by atoms with Crippen LogP contribution in [0.3, 0.4) is 0 Å². The third-order valence-corrected chi connectivity index (χ3v) is 6.58. The van der Waals surface area contributed by atoms with Crippen LogP contribution in [-0.2, 0) is 0 Å².